The average Bonchev–Trinajstić information content (AvgIpc) is 2.20. The van der Waals surface area contributed by atoms with Gasteiger partial charge >= 0.3 is 0 Å². The van der Waals surface area contributed by atoms with Crippen molar-refractivity contribution in [3.05, 3.63) is 0 Å². The Balaban J connectivity index is 2.87. The summed E-state index contributed by atoms with van der Waals surface area (Å²) in [7, 11) is 0. The second-order valence-electron chi connectivity index (χ2n) is 5.05. The van der Waals surface area contributed by atoms with E-state index in [1.54, 1.807) is 0 Å². The zero-order chi connectivity index (χ0) is 11.4. The molecule has 1 N–H and O–H groups in total. The Labute approximate surface area is 97.0 Å². The van der Waals surface area contributed by atoms with Crippen molar-refractivity contribution >= 4 is 0 Å². The van der Waals surface area contributed by atoms with Crippen molar-refractivity contribution in [2.24, 2.45) is 5.92 Å². The SMILES string of the molecule is CCCCNCCCCCCCC(C)C. The van der Waals surface area contributed by atoms with Gasteiger partial charge in [0.05, 0.1) is 0 Å². The predicted octanol–water partition coefficient (Wildman–Crippen LogP) is 4.37. The highest BCUT2D eigenvalue weighted by Gasteiger charge is 1.94. The maximum atomic E-state index is 3.50. The monoisotopic (exact) mass is 213 g/mol. The topological polar surface area (TPSA) is 12.0 Å². The van der Waals surface area contributed by atoms with E-state index in [0.29, 0.717) is 0 Å². The van der Waals surface area contributed by atoms with E-state index < -0.39 is 0 Å². The third-order valence-electron chi connectivity index (χ3n) is 2.84. The molecule has 0 bridgehead atoms. The van der Waals surface area contributed by atoms with Crippen molar-refractivity contribution < 1.29 is 0 Å². The van der Waals surface area contributed by atoms with Crippen molar-refractivity contribution in [1.29, 1.82) is 0 Å². The highest BCUT2D eigenvalue weighted by atomic mass is 14.8. The van der Waals surface area contributed by atoms with Crippen LogP contribution < -0.4 is 5.32 Å². The molecular weight excluding hydrogens is 182 g/mol. The molecule has 1 heteroatoms. The van der Waals surface area contributed by atoms with Gasteiger partial charge in [-0.3, -0.25) is 0 Å². The summed E-state index contributed by atoms with van der Waals surface area (Å²) in [5.74, 6) is 0.890. The van der Waals surface area contributed by atoms with Crippen molar-refractivity contribution in [2.75, 3.05) is 13.1 Å². The predicted molar refractivity (Wildman–Crippen MR) is 70.3 cm³/mol. The fraction of sp³-hybridized carbons (Fsp3) is 1.00. The second-order valence-corrected chi connectivity index (χ2v) is 5.05. The van der Waals surface area contributed by atoms with Gasteiger partial charge in [-0.2, -0.15) is 0 Å². The third-order valence-corrected chi connectivity index (χ3v) is 2.84. The molecule has 0 aromatic rings. The molecule has 0 fully saturated rings. The van der Waals surface area contributed by atoms with Crippen LogP contribution >= 0.6 is 0 Å². The first-order valence-electron chi connectivity index (χ1n) is 6.98. The summed E-state index contributed by atoms with van der Waals surface area (Å²) < 4.78 is 0. The number of rotatable bonds is 11. The normalized spacial score (nSPS) is 11.2. The molecule has 0 rings (SSSR count). The van der Waals surface area contributed by atoms with E-state index in [9.17, 15) is 0 Å². The van der Waals surface area contributed by atoms with Crippen LogP contribution in [0.2, 0.25) is 0 Å². The number of nitrogens with one attached hydrogen (secondary N) is 1. The lowest BCUT2D eigenvalue weighted by molar-refractivity contribution is 0.508. The fourth-order valence-corrected chi connectivity index (χ4v) is 1.76. The smallest absolute Gasteiger partial charge is 0.00489 e. The standard InChI is InChI=1S/C14H31N/c1-4-5-12-15-13-10-8-6-7-9-11-14(2)3/h14-15H,4-13H2,1-3H3. The number of unbranched alkanes of at least 4 members (excludes halogenated alkanes) is 5. The lowest BCUT2D eigenvalue weighted by atomic mass is 10.0. The van der Waals surface area contributed by atoms with Crippen molar-refractivity contribution in [2.45, 2.75) is 72.1 Å². The zero-order valence-electron chi connectivity index (χ0n) is 11.1. The van der Waals surface area contributed by atoms with Gasteiger partial charge in [0.1, 0.15) is 0 Å². The highest BCUT2D eigenvalue weighted by molar-refractivity contribution is 4.51. The number of hydrogen-bond acceptors (Lipinski definition) is 1. The minimum Gasteiger partial charge on any atom is -0.317 e. The quantitative estimate of drug-likeness (QED) is 0.502. The Morgan fingerprint density at radius 1 is 0.800 bits per heavy atom. The Morgan fingerprint density at radius 2 is 1.40 bits per heavy atom. The molecule has 0 saturated heterocycles. The number of hydrogen-bond donors (Lipinski definition) is 1. The maximum Gasteiger partial charge on any atom is -0.00489 e. The Morgan fingerprint density at radius 3 is 2.07 bits per heavy atom. The molecule has 0 aliphatic heterocycles. The van der Waals surface area contributed by atoms with Crippen molar-refractivity contribution in [3.8, 4) is 0 Å². The van der Waals surface area contributed by atoms with Gasteiger partial charge in [0, 0.05) is 0 Å². The van der Waals surface area contributed by atoms with Gasteiger partial charge in [-0.15, -0.1) is 0 Å². The molecule has 92 valence electrons. The first-order valence-corrected chi connectivity index (χ1v) is 6.98. The minimum atomic E-state index is 0.890. The third kappa shape index (κ3) is 14.0. The van der Waals surface area contributed by atoms with Gasteiger partial charge in [-0.05, 0) is 31.8 Å². The summed E-state index contributed by atoms with van der Waals surface area (Å²) in [5, 5.41) is 3.50. The van der Waals surface area contributed by atoms with Gasteiger partial charge in [-0.25, -0.2) is 0 Å². The van der Waals surface area contributed by atoms with Gasteiger partial charge in [-0.1, -0.05) is 59.3 Å². The van der Waals surface area contributed by atoms with E-state index in [2.05, 4.69) is 26.1 Å². The Kier molecular flexibility index (Phi) is 12.0. The summed E-state index contributed by atoms with van der Waals surface area (Å²) in [6, 6.07) is 0. The molecule has 0 atom stereocenters. The lowest BCUT2D eigenvalue weighted by Crippen LogP contribution is -2.16. The van der Waals surface area contributed by atoms with E-state index in [0.717, 1.165) is 5.92 Å². The van der Waals surface area contributed by atoms with Crippen molar-refractivity contribution in [3.63, 3.8) is 0 Å². The van der Waals surface area contributed by atoms with Crippen LogP contribution in [0.15, 0.2) is 0 Å². The lowest BCUT2D eigenvalue weighted by Gasteiger charge is -2.05. The van der Waals surface area contributed by atoms with Crippen LogP contribution in [0.4, 0.5) is 0 Å². The van der Waals surface area contributed by atoms with E-state index >= 15 is 0 Å². The summed E-state index contributed by atoms with van der Waals surface area (Å²) in [4.78, 5) is 0. The minimum absolute atomic E-state index is 0.890. The molecule has 0 heterocycles. The molecule has 0 aliphatic carbocycles. The first-order chi connectivity index (χ1) is 7.27. The van der Waals surface area contributed by atoms with Crippen LogP contribution in [0.1, 0.15) is 72.1 Å². The van der Waals surface area contributed by atoms with Gasteiger partial charge in [0.25, 0.3) is 0 Å². The molecule has 1 nitrogen and oxygen atoms in total. The molecule has 0 saturated carbocycles. The largest absolute Gasteiger partial charge is 0.317 e. The van der Waals surface area contributed by atoms with Crippen LogP contribution in [0, 0.1) is 5.92 Å². The molecular formula is C14H31N. The second kappa shape index (κ2) is 12.0. The molecule has 15 heavy (non-hydrogen) atoms. The van der Waals surface area contributed by atoms with E-state index in [1.807, 2.05) is 0 Å². The molecule has 0 aromatic heterocycles. The fourth-order valence-electron chi connectivity index (χ4n) is 1.76. The average molecular weight is 213 g/mol. The van der Waals surface area contributed by atoms with E-state index in [-0.39, 0.29) is 0 Å². The molecule has 0 aliphatic rings. The highest BCUT2D eigenvalue weighted by Crippen LogP contribution is 2.10. The van der Waals surface area contributed by atoms with Crippen LogP contribution in [-0.2, 0) is 0 Å². The van der Waals surface area contributed by atoms with Gasteiger partial charge < -0.3 is 5.32 Å². The molecule has 0 spiro atoms. The van der Waals surface area contributed by atoms with Crippen LogP contribution in [0.5, 0.6) is 0 Å². The first kappa shape index (κ1) is 15.0. The summed E-state index contributed by atoms with van der Waals surface area (Å²) >= 11 is 0. The summed E-state index contributed by atoms with van der Waals surface area (Å²) in [6.45, 7) is 9.32. The summed E-state index contributed by atoms with van der Waals surface area (Å²) in [6.07, 6.45) is 11.1. The Bertz CT molecular complexity index is 110. The molecule has 0 unspecified atom stereocenters. The van der Waals surface area contributed by atoms with Crippen LogP contribution in [0.3, 0.4) is 0 Å². The van der Waals surface area contributed by atoms with E-state index in [1.165, 1.54) is 64.5 Å². The van der Waals surface area contributed by atoms with Gasteiger partial charge in [0.2, 0.25) is 0 Å². The maximum absolute atomic E-state index is 3.50. The van der Waals surface area contributed by atoms with Crippen molar-refractivity contribution in [1.82, 2.24) is 5.32 Å². The van der Waals surface area contributed by atoms with Crippen LogP contribution in [0.25, 0.3) is 0 Å². The molecule has 0 amide bonds. The van der Waals surface area contributed by atoms with Gasteiger partial charge in [0.15, 0.2) is 0 Å². The molecule has 0 aromatic carbocycles. The Hall–Kier alpha value is -0.0400. The molecule has 0 radical (unpaired) electrons. The van der Waals surface area contributed by atoms with Crippen LogP contribution in [-0.4, -0.2) is 13.1 Å². The van der Waals surface area contributed by atoms with E-state index in [4.69, 9.17) is 0 Å². The zero-order valence-corrected chi connectivity index (χ0v) is 11.1. The summed E-state index contributed by atoms with van der Waals surface area (Å²) in [5.41, 5.74) is 0.